The molecule has 0 spiro atoms. The van der Waals surface area contributed by atoms with Crippen molar-refractivity contribution in [3.63, 3.8) is 0 Å². The van der Waals surface area contributed by atoms with Gasteiger partial charge in [0, 0.05) is 16.2 Å². The number of hydrogen-bond donors (Lipinski definition) is 0. The third kappa shape index (κ3) is 4.29. The smallest absolute Gasteiger partial charge is 0.135 e. The van der Waals surface area contributed by atoms with Crippen molar-refractivity contribution >= 4 is 54.3 Å². The second kappa shape index (κ2) is 10.8. The zero-order valence-electron chi connectivity index (χ0n) is 29.1. The molecule has 0 saturated heterocycles. The van der Waals surface area contributed by atoms with Crippen LogP contribution in [0.15, 0.2) is 174 Å². The van der Waals surface area contributed by atoms with E-state index in [9.17, 15) is 0 Å². The minimum atomic E-state index is -0.0346. The van der Waals surface area contributed by atoms with Crippen LogP contribution in [-0.4, -0.2) is 0 Å². The lowest BCUT2D eigenvalue weighted by atomic mass is 9.81. The summed E-state index contributed by atoms with van der Waals surface area (Å²) in [5.41, 5.74) is 14.6. The van der Waals surface area contributed by atoms with Crippen LogP contribution in [0.3, 0.4) is 0 Å². The molecule has 52 heavy (non-hydrogen) atoms. The summed E-state index contributed by atoms with van der Waals surface area (Å²) < 4.78 is 6.38. The van der Waals surface area contributed by atoms with Gasteiger partial charge in [0.25, 0.3) is 0 Å². The first-order valence-electron chi connectivity index (χ1n) is 18.2. The van der Waals surface area contributed by atoms with Crippen LogP contribution in [0.5, 0.6) is 0 Å². The number of furan rings is 1. The summed E-state index contributed by atoms with van der Waals surface area (Å²) in [5, 5.41) is 9.87. The number of fused-ring (bicyclic) bond motifs is 10. The van der Waals surface area contributed by atoms with Crippen LogP contribution >= 0.6 is 0 Å². The number of hydrogen-bond acceptors (Lipinski definition) is 1. The second-order valence-electron chi connectivity index (χ2n) is 14.9. The van der Waals surface area contributed by atoms with Gasteiger partial charge in [0.2, 0.25) is 0 Å². The van der Waals surface area contributed by atoms with Crippen molar-refractivity contribution < 1.29 is 4.42 Å². The van der Waals surface area contributed by atoms with Gasteiger partial charge >= 0.3 is 0 Å². The van der Waals surface area contributed by atoms with E-state index in [0.29, 0.717) is 0 Å². The lowest BCUT2D eigenvalue weighted by Gasteiger charge is -2.22. The van der Waals surface area contributed by atoms with Crippen LogP contribution in [-0.2, 0) is 5.41 Å². The minimum Gasteiger partial charge on any atom is -0.456 e. The highest BCUT2D eigenvalue weighted by Gasteiger charge is 2.35. The third-order valence-corrected chi connectivity index (χ3v) is 11.6. The zero-order valence-corrected chi connectivity index (χ0v) is 29.1. The van der Waals surface area contributed by atoms with Crippen LogP contribution in [0.2, 0.25) is 0 Å². The fourth-order valence-electron chi connectivity index (χ4n) is 8.91. The van der Waals surface area contributed by atoms with E-state index in [4.69, 9.17) is 4.42 Å². The van der Waals surface area contributed by atoms with Crippen molar-refractivity contribution in [2.45, 2.75) is 19.3 Å². The Morgan fingerprint density at radius 2 is 0.885 bits per heavy atom. The molecule has 10 aromatic rings. The number of rotatable bonds is 3. The minimum absolute atomic E-state index is 0.0346. The lowest BCUT2D eigenvalue weighted by Crippen LogP contribution is -2.14. The number of benzene rings is 9. The first kappa shape index (κ1) is 29.3. The van der Waals surface area contributed by atoms with Crippen LogP contribution < -0.4 is 0 Å². The maximum Gasteiger partial charge on any atom is 0.135 e. The highest BCUT2D eigenvalue weighted by Crippen LogP contribution is 2.49. The molecule has 1 aliphatic carbocycles. The summed E-state index contributed by atoms with van der Waals surface area (Å²) in [6, 6.07) is 62.6. The van der Waals surface area contributed by atoms with Gasteiger partial charge in [-0.3, -0.25) is 0 Å². The SMILES string of the molecule is CC1(C)c2ccccc2-c2ccc(-c3ccc4oc5ccc(-c6ccc7ccc(-c8cc9ccccc9c9ccccc89)cc7c6)cc5c4c3)cc21. The highest BCUT2D eigenvalue weighted by atomic mass is 16.3. The summed E-state index contributed by atoms with van der Waals surface area (Å²) in [6.45, 7) is 4.68. The Labute approximate surface area is 302 Å². The second-order valence-corrected chi connectivity index (χ2v) is 14.9. The molecule has 0 fully saturated rings. The van der Waals surface area contributed by atoms with E-state index >= 15 is 0 Å². The Balaban J connectivity index is 1.00. The molecule has 0 saturated carbocycles. The summed E-state index contributed by atoms with van der Waals surface area (Å²) in [5.74, 6) is 0. The van der Waals surface area contributed by atoms with Crippen molar-refractivity contribution in [1.82, 2.24) is 0 Å². The first-order chi connectivity index (χ1) is 25.5. The van der Waals surface area contributed by atoms with Crippen molar-refractivity contribution in [3.05, 3.63) is 181 Å². The summed E-state index contributed by atoms with van der Waals surface area (Å²) in [7, 11) is 0. The molecular weight excluding hydrogens is 629 g/mol. The van der Waals surface area contributed by atoms with Gasteiger partial charge in [0.15, 0.2) is 0 Å². The van der Waals surface area contributed by atoms with Gasteiger partial charge in [0.1, 0.15) is 11.2 Å². The lowest BCUT2D eigenvalue weighted by molar-refractivity contribution is 0.660. The van der Waals surface area contributed by atoms with E-state index in [1.165, 1.54) is 88.0 Å². The Morgan fingerprint density at radius 3 is 1.67 bits per heavy atom. The molecule has 1 heteroatoms. The summed E-state index contributed by atoms with van der Waals surface area (Å²) in [6.07, 6.45) is 0. The molecule has 0 bridgehead atoms. The average Bonchev–Trinajstić information content (AvgIpc) is 3.67. The molecule has 1 aromatic heterocycles. The fraction of sp³-hybridized carbons (Fsp3) is 0.0588. The molecule has 9 aromatic carbocycles. The molecule has 244 valence electrons. The van der Waals surface area contributed by atoms with E-state index in [0.717, 1.165) is 21.9 Å². The predicted molar refractivity (Wildman–Crippen MR) is 220 cm³/mol. The molecule has 11 rings (SSSR count). The van der Waals surface area contributed by atoms with Gasteiger partial charge < -0.3 is 4.42 Å². The maximum atomic E-state index is 6.38. The highest BCUT2D eigenvalue weighted by molar-refractivity contribution is 6.14. The van der Waals surface area contributed by atoms with Gasteiger partial charge in [-0.1, -0.05) is 135 Å². The molecular formula is C51H34O. The Bertz CT molecular complexity index is 3100. The molecule has 0 unspecified atom stereocenters. The molecule has 1 aliphatic rings. The Hall–Kier alpha value is -6.44. The zero-order chi connectivity index (χ0) is 34.6. The fourth-order valence-corrected chi connectivity index (χ4v) is 8.91. The predicted octanol–water partition coefficient (Wildman–Crippen LogP) is 14.4. The molecule has 0 radical (unpaired) electrons. The van der Waals surface area contributed by atoms with E-state index in [1.807, 2.05) is 0 Å². The van der Waals surface area contributed by atoms with Crippen molar-refractivity contribution in [3.8, 4) is 44.5 Å². The Kier molecular flexibility index (Phi) is 6.08. The van der Waals surface area contributed by atoms with Crippen LogP contribution in [0, 0.1) is 0 Å². The molecule has 0 N–H and O–H groups in total. The maximum absolute atomic E-state index is 6.38. The van der Waals surface area contributed by atoms with Gasteiger partial charge in [-0.05, 0) is 136 Å². The van der Waals surface area contributed by atoms with Crippen LogP contribution in [0.4, 0.5) is 0 Å². The van der Waals surface area contributed by atoms with Gasteiger partial charge in [-0.15, -0.1) is 0 Å². The third-order valence-electron chi connectivity index (χ3n) is 11.6. The van der Waals surface area contributed by atoms with E-state index in [2.05, 4.69) is 184 Å². The topological polar surface area (TPSA) is 13.1 Å². The summed E-state index contributed by atoms with van der Waals surface area (Å²) in [4.78, 5) is 0. The monoisotopic (exact) mass is 662 g/mol. The van der Waals surface area contributed by atoms with E-state index in [-0.39, 0.29) is 5.41 Å². The standard InChI is InChI=1S/C51H34O/c1-51(2)47-14-8-7-13-42(47)43-22-19-35(30-48(43)51)34-21-24-50-46(28-34)45-27-33(20-23-49(45)52-50)32-17-15-31-16-18-37(26-38(31)25-32)44-29-36-9-3-4-10-39(36)40-11-5-6-12-41(40)44/h3-30H,1-2H3. The quantitative estimate of drug-likeness (QED) is 0.172. The average molecular weight is 663 g/mol. The van der Waals surface area contributed by atoms with E-state index < -0.39 is 0 Å². The van der Waals surface area contributed by atoms with Crippen molar-refractivity contribution in [2.75, 3.05) is 0 Å². The van der Waals surface area contributed by atoms with Crippen molar-refractivity contribution in [2.24, 2.45) is 0 Å². The molecule has 0 aliphatic heterocycles. The molecule has 0 amide bonds. The normalized spacial score (nSPS) is 13.3. The molecule has 1 heterocycles. The Morgan fingerprint density at radius 1 is 0.327 bits per heavy atom. The van der Waals surface area contributed by atoms with Gasteiger partial charge in [-0.25, -0.2) is 0 Å². The molecule has 1 nitrogen and oxygen atoms in total. The first-order valence-corrected chi connectivity index (χ1v) is 18.2. The molecule has 0 atom stereocenters. The largest absolute Gasteiger partial charge is 0.456 e. The van der Waals surface area contributed by atoms with Crippen LogP contribution in [0.1, 0.15) is 25.0 Å². The van der Waals surface area contributed by atoms with Crippen molar-refractivity contribution in [1.29, 1.82) is 0 Å². The van der Waals surface area contributed by atoms with Gasteiger partial charge in [-0.2, -0.15) is 0 Å². The van der Waals surface area contributed by atoms with Gasteiger partial charge in [0.05, 0.1) is 0 Å². The van der Waals surface area contributed by atoms with Crippen LogP contribution in [0.25, 0.3) is 98.8 Å². The van der Waals surface area contributed by atoms with E-state index in [1.54, 1.807) is 0 Å². The summed E-state index contributed by atoms with van der Waals surface area (Å²) >= 11 is 0.